The molecule has 1 aliphatic rings. The third-order valence-corrected chi connectivity index (χ3v) is 3.97. The molecule has 0 bridgehead atoms. The zero-order valence-corrected chi connectivity index (χ0v) is 12.9. The molecule has 1 saturated heterocycles. The van der Waals surface area contributed by atoms with Crippen molar-refractivity contribution in [3.05, 3.63) is 16.4 Å². The Labute approximate surface area is 124 Å². The minimum absolute atomic E-state index is 0.0148. The van der Waals surface area contributed by atoms with Crippen LogP contribution in [0.15, 0.2) is 6.33 Å². The van der Waals surface area contributed by atoms with Crippen LogP contribution in [0, 0.1) is 15.5 Å². The molecule has 1 fully saturated rings. The van der Waals surface area contributed by atoms with Crippen LogP contribution in [-0.2, 0) is 0 Å². The summed E-state index contributed by atoms with van der Waals surface area (Å²) in [5.41, 5.74) is 0.264. The third-order valence-electron chi connectivity index (χ3n) is 3.97. The number of anilines is 2. The van der Waals surface area contributed by atoms with Crippen molar-refractivity contribution in [1.29, 1.82) is 0 Å². The number of hydrogen-bond acceptors (Lipinski definition) is 6. The largest absolute Gasteiger partial charge is 0.364 e. The Kier molecular flexibility index (Phi) is 4.59. The summed E-state index contributed by atoms with van der Waals surface area (Å²) in [6.45, 7) is 8.55. The molecular weight excluding hydrogens is 270 g/mol. The van der Waals surface area contributed by atoms with Crippen LogP contribution in [0.5, 0.6) is 0 Å². The average molecular weight is 293 g/mol. The second-order valence-electron chi connectivity index (χ2n) is 6.19. The quantitative estimate of drug-likeness (QED) is 0.678. The summed E-state index contributed by atoms with van der Waals surface area (Å²) in [6.07, 6.45) is 4.55. The molecule has 0 amide bonds. The zero-order valence-electron chi connectivity index (χ0n) is 12.9. The Morgan fingerprint density at radius 3 is 2.81 bits per heavy atom. The van der Waals surface area contributed by atoms with E-state index in [4.69, 9.17) is 0 Å². The molecule has 21 heavy (non-hydrogen) atoms. The summed E-state index contributed by atoms with van der Waals surface area (Å²) in [5, 5.41) is 14.4. The third kappa shape index (κ3) is 3.59. The predicted octanol–water partition coefficient (Wildman–Crippen LogP) is 2.83. The van der Waals surface area contributed by atoms with Crippen molar-refractivity contribution in [1.82, 2.24) is 9.97 Å². The first-order chi connectivity index (χ1) is 9.94. The SMILES string of the molecule is CCNc1ncnc(N2CCCC(C)(C)CC2)c1[N+](=O)[O-]. The summed E-state index contributed by atoms with van der Waals surface area (Å²) < 4.78 is 0. The lowest BCUT2D eigenvalue weighted by atomic mass is 9.85. The summed E-state index contributed by atoms with van der Waals surface area (Å²) in [5.74, 6) is 0.736. The molecule has 0 spiro atoms. The van der Waals surface area contributed by atoms with Crippen LogP contribution < -0.4 is 10.2 Å². The maximum Gasteiger partial charge on any atom is 0.353 e. The van der Waals surface area contributed by atoms with Crippen molar-refractivity contribution >= 4 is 17.3 Å². The molecule has 0 radical (unpaired) electrons. The maximum atomic E-state index is 11.4. The molecule has 0 aliphatic carbocycles. The standard InChI is InChI=1S/C14H23N5O2/c1-4-15-12-11(19(20)21)13(17-10-16-12)18-8-5-6-14(2,3)7-9-18/h10H,4-9H2,1-3H3,(H,15,16,17). The van der Waals surface area contributed by atoms with Gasteiger partial charge in [0.25, 0.3) is 0 Å². The molecule has 0 saturated carbocycles. The number of nitro groups is 1. The van der Waals surface area contributed by atoms with Gasteiger partial charge in [-0.3, -0.25) is 10.1 Å². The van der Waals surface area contributed by atoms with Crippen LogP contribution in [0.3, 0.4) is 0 Å². The fraction of sp³-hybridized carbons (Fsp3) is 0.714. The first-order valence-electron chi connectivity index (χ1n) is 7.43. The summed E-state index contributed by atoms with van der Waals surface area (Å²) in [7, 11) is 0. The van der Waals surface area contributed by atoms with E-state index in [0.717, 1.165) is 32.4 Å². The predicted molar refractivity (Wildman–Crippen MR) is 82.7 cm³/mol. The molecule has 1 aliphatic heterocycles. The fourth-order valence-electron chi connectivity index (χ4n) is 2.70. The van der Waals surface area contributed by atoms with Crippen LogP contribution in [0.25, 0.3) is 0 Å². The molecule has 0 unspecified atom stereocenters. The first-order valence-corrected chi connectivity index (χ1v) is 7.43. The molecular formula is C14H23N5O2. The van der Waals surface area contributed by atoms with Gasteiger partial charge in [-0.05, 0) is 31.6 Å². The monoisotopic (exact) mass is 293 g/mol. The van der Waals surface area contributed by atoms with Crippen molar-refractivity contribution < 1.29 is 4.92 Å². The highest BCUT2D eigenvalue weighted by Gasteiger charge is 2.30. The normalized spacial score (nSPS) is 18.1. The minimum atomic E-state index is -0.386. The first kappa shape index (κ1) is 15.5. The van der Waals surface area contributed by atoms with Gasteiger partial charge in [0.1, 0.15) is 6.33 Å². The van der Waals surface area contributed by atoms with Gasteiger partial charge in [-0.15, -0.1) is 0 Å². The second kappa shape index (κ2) is 6.24. The van der Waals surface area contributed by atoms with Gasteiger partial charge in [0.2, 0.25) is 11.6 Å². The molecule has 1 N–H and O–H groups in total. The summed E-state index contributed by atoms with van der Waals surface area (Å²) in [6, 6.07) is 0. The van der Waals surface area contributed by atoms with Gasteiger partial charge in [-0.25, -0.2) is 9.97 Å². The minimum Gasteiger partial charge on any atom is -0.364 e. The highest BCUT2D eigenvalue weighted by molar-refractivity contribution is 5.70. The summed E-state index contributed by atoms with van der Waals surface area (Å²) in [4.78, 5) is 21.3. The van der Waals surface area contributed by atoms with Crippen LogP contribution in [-0.4, -0.2) is 34.5 Å². The van der Waals surface area contributed by atoms with Crippen LogP contribution in [0.2, 0.25) is 0 Å². The highest BCUT2D eigenvalue weighted by atomic mass is 16.6. The number of hydrogen-bond donors (Lipinski definition) is 1. The lowest BCUT2D eigenvalue weighted by Crippen LogP contribution is -2.27. The van der Waals surface area contributed by atoms with Gasteiger partial charge in [0.05, 0.1) is 4.92 Å². The highest BCUT2D eigenvalue weighted by Crippen LogP contribution is 2.36. The fourth-order valence-corrected chi connectivity index (χ4v) is 2.70. The topological polar surface area (TPSA) is 84.2 Å². The number of aromatic nitrogens is 2. The van der Waals surface area contributed by atoms with Crippen LogP contribution in [0.1, 0.15) is 40.0 Å². The van der Waals surface area contributed by atoms with Gasteiger partial charge in [-0.2, -0.15) is 0 Å². The molecule has 1 aromatic heterocycles. The number of nitrogens with one attached hydrogen (secondary N) is 1. The Bertz CT molecular complexity index is 518. The molecule has 2 heterocycles. The van der Waals surface area contributed by atoms with Gasteiger partial charge >= 0.3 is 5.69 Å². The van der Waals surface area contributed by atoms with Crippen LogP contribution >= 0.6 is 0 Å². The smallest absolute Gasteiger partial charge is 0.353 e. The van der Waals surface area contributed by atoms with Crippen molar-refractivity contribution in [3.63, 3.8) is 0 Å². The van der Waals surface area contributed by atoms with E-state index in [9.17, 15) is 10.1 Å². The van der Waals surface area contributed by atoms with E-state index >= 15 is 0 Å². The molecule has 7 heteroatoms. The number of nitrogens with zero attached hydrogens (tertiary/aromatic N) is 4. The summed E-state index contributed by atoms with van der Waals surface area (Å²) >= 11 is 0. The lowest BCUT2D eigenvalue weighted by molar-refractivity contribution is -0.383. The molecule has 0 atom stereocenters. The Balaban J connectivity index is 2.34. The Morgan fingerprint density at radius 1 is 1.38 bits per heavy atom. The van der Waals surface area contributed by atoms with Gasteiger partial charge in [-0.1, -0.05) is 13.8 Å². The maximum absolute atomic E-state index is 11.4. The Morgan fingerprint density at radius 2 is 2.14 bits per heavy atom. The zero-order chi connectivity index (χ0) is 15.5. The molecule has 0 aromatic carbocycles. The molecule has 7 nitrogen and oxygen atoms in total. The molecule has 1 aromatic rings. The van der Waals surface area contributed by atoms with Gasteiger partial charge in [0, 0.05) is 19.6 Å². The van der Waals surface area contributed by atoms with Crippen LogP contribution in [0.4, 0.5) is 17.3 Å². The molecule has 2 rings (SSSR count). The van der Waals surface area contributed by atoms with E-state index in [1.165, 1.54) is 6.33 Å². The van der Waals surface area contributed by atoms with E-state index in [-0.39, 0.29) is 16.0 Å². The van der Waals surface area contributed by atoms with Crippen molar-refractivity contribution in [2.24, 2.45) is 5.41 Å². The number of rotatable bonds is 4. The van der Waals surface area contributed by atoms with E-state index in [2.05, 4.69) is 29.1 Å². The van der Waals surface area contributed by atoms with E-state index < -0.39 is 0 Å². The van der Waals surface area contributed by atoms with E-state index in [1.807, 2.05) is 11.8 Å². The van der Waals surface area contributed by atoms with E-state index in [1.54, 1.807) is 0 Å². The second-order valence-corrected chi connectivity index (χ2v) is 6.19. The lowest BCUT2D eigenvalue weighted by Gasteiger charge is -2.24. The molecule has 116 valence electrons. The van der Waals surface area contributed by atoms with Crippen molar-refractivity contribution in [2.45, 2.75) is 40.0 Å². The van der Waals surface area contributed by atoms with Crippen molar-refractivity contribution in [3.8, 4) is 0 Å². The van der Waals surface area contributed by atoms with Gasteiger partial charge < -0.3 is 10.2 Å². The van der Waals surface area contributed by atoms with Gasteiger partial charge in [0.15, 0.2) is 0 Å². The average Bonchev–Trinajstić information content (AvgIpc) is 2.59. The Hall–Kier alpha value is -1.92. The van der Waals surface area contributed by atoms with E-state index in [0.29, 0.717) is 18.2 Å². The van der Waals surface area contributed by atoms with Crippen molar-refractivity contribution in [2.75, 3.05) is 29.9 Å².